The van der Waals surface area contributed by atoms with Crippen LogP contribution < -0.4 is 5.32 Å². The van der Waals surface area contributed by atoms with Gasteiger partial charge >= 0.3 is 0 Å². The molecule has 0 aliphatic rings. The van der Waals surface area contributed by atoms with E-state index in [4.69, 9.17) is 10.5 Å². The molecule has 1 N–H and O–H groups in total. The number of rotatable bonds is 3. The van der Waals surface area contributed by atoms with Crippen LogP contribution in [0.1, 0.15) is 18.1 Å². The van der Waals surface area contributed by atoms with Crippen LogP contribution in [0.4, 0.5) is 14.5 Å². The molecule has 1 atom stereocenters. The van der Waals surface area contributed by atoms with Gasteiger partial charge in [0.25, 0.3) is 6.43 Å². The van der Waals surface area contributed by atoms with Gasteiger partial charge in [-0.05, 0) is 25.1 Å². The number of nitrogens with one attached hydrogen (secondary N) is 1. The molecule has 16 heavy (non-hydrogen) atoms. The Morgan fingerprint density at radius 2 is 1.81 bits per heavy atom. The molecule has 5 heteroatoms. The number of halogens is 2. The molecular weight excluding hydrogens is 212 g/mol. The van der Waals surface area contributed by atoms with E-state index in [1.807, 2.05) is 12.1 Å². The molecule has 0 amide bonds. The fraction of sp³-hybridized carbons (Fsp3) is 0.273. The predicted octanol–water partition coefficient (Wildman–Crippen LogP) is 2.50. The fourth-order valence-electron chi connectivity index (χ4n) is 1.15. The number of alkyl halides is 2. The molecule has 0 aliphatic heterocycles. The quantitative estimate of drug-likeness (QED) is 0.852. The largest absolute Gasteiger partial charge is 0.377 e. The lowest BCUT2D eigenvalue weighted by Crippen LogP contribution is -2.23. The van der Waals surface area contributed by atoms with Gasteiger partial charge in [-0.2, -0.15) is 10.5 Å². The van der Waals surface area contributed by atoms with Crippen molar-refractivity contribution >= 4 is 5.69 Å². The van der Waals surface area contributed by atoms with Crippen LogP contribution in [0.5, 0.6) is 0 Å². The average Bonchev–Trinajstić information content (AvgIpc) is 2.28. The Labute approximate surface area is 91.9 Å². The van der Waals surface area contributed by atoms with Gasteiger partial charge in [0.2, 0.25) is 0 Å². The Morgan fingerprint density at radius 3 is 2.31 bits per heavy atom. The highest BCUT2D eigenvalue weighted by Crippen LogP contribution is 2.16. The van der Waals surface area contributed by atoms with E-state index < -0.39 is 12.5 Å². The molecule has 1 aromatic carbocycles. The fourth-order valence-corrected chi connectivity index (χ4v) is 1.15. The summed E-state index contributed by atoms with van der Waals surface area (Å²) >= 11 is 0. The van der Waals surface area contributed by atoms with E-state index in [0.29, 0.717) is 5.69 Å². The summed E-state index contributed by atoms with van der Waals surface area (Å²) in [6.07, 6.45) is -2.49. The van der Waals surface area contributed by atoms with Gasteiger partial charge in [-0.1, -0.05) is 0 Å². The SMILES string of the molecule is CC(Nc1ccc(C#N)c(C#N)c1)C(F)F. The normalized spacial score (nSPS) is 11.6. The van der Waals surface area contributed by atoms with Crippen LogP contribution in [0, 0.1) is 22.7 Å². The van der Waals surface area contributed by atoms with Crippen molar-refractivity contribution in [2.24, 2.45) is 0 Å². The second kappa shape index (κ2) is 5.09. The molecule has 1 unspecified atom stereocenters. The van der Waals surface area contributed by atoms with Gasteiger partial charge in [0, 0.05) is 5.69 Å². The molecule has 0 spiro atoms. The van der Waals surface area contributed by atoms with Crippen LogP contribution in [0.25, 0.3) is 0 Å². The van der Waals surface area contributed by atoms with E-state index in [0.717, 1.165) is 0 Å². The van der Waals surface area contributed by atoms with Crippen molar-refractivity contribution in [1.29, 1.82) is 10.5 Å². The summed E-state index contributed by atoms with van der Waals surface area (Å²) in [5.41, 5.74) is 0.815. The Hall–Kier alpha value is -2.14. The molecule has 1 rings (SSSR count). The third kappa shape index (κ3) is 2.68. The third-order valence-corrected chi connectivity index (χ3v) is 2.03. The highest BCUT2D eigenvalue weighted by Gasteiger charge is 2.14. The maximum atomic E-state index is 12.3. The van der Waals surface area contributed by atoms with E-state index in [-0.39, 0.29) is 11.1 Å². The summed E-state index contributed by atoms with van der Waals surface area (Å²) in [5.74, 6) is 0. The van der Waals surface area contributed by atoms with Gasteiger partial charge in [0.15, 0.2) is 0 Å². The lowest BCUT2D eigenvalue weighted by molar-refractivity contribution is 0.131. The first-order chi connectivity index (χ1) is 7.58. The molecule has 0 saturated heterocycles. The monoisotopic (exact) mass is 221 g/mol. The zero-order valence-corrected chi connectivity index (χ0v) is 8.54. The zero-order valence-electron chi connectivity index (χ0n) is 8.54. The minimum atomic E-state index is -2.49. The van der Waals surface area contributed by atoms with Crippen LogP contribution >= 0.6 is 0 Å². The van der Waals surface area contributed by atoms with Gasteiger partial charge in [-0.3, -0.25) is 0 Å². The summed E-state index contributed by atoms with van der Waals surface area (Å²) < 4.78 is 24.5. The van der Waals surface area contributed by atoms with Crippen molar-refractivity contribution in [1.82, 2.24) is 0 Å². The molecule has 0 aromatic heterocycles. The van der Waals surface area contributed by atoms with Crippen molar-refractivity contribution in [3.63, 3.8) is 0 Å². The van der Waals surface area contributed by atoms with E-state index in [1.54, 1.807) is 0 Å². The topological polar surface area (TPSA) is 59.6 Å². The second-order valence-corrected chi connectivity index (χ2v) is 3.25. The molecule has 0 bridgehead atoms. The summed E-state index contributed by atoms with van der Waals surface area (Å²) in [7, 11) is 0. The number of anilines is 1. The highest BCUT2D eigenvalue weighted by atomic mass is 19.3. The molecule has 3 nitrogen and oxygen atoms in total. The number of nitriles is 2. The molecule has 0 saturated carbocycles. The lowest BCUT2D eigenvalue weighted by atomic mass is 10.1. The molecule has 1 aromatic rings. The van der Waals surface area contributed by atoms with Crippen LogP contribution in [-0.2, 0) is 0 Å². The predicted molar refractivity (Wildman–Crippen MR) is 55.0 cm³/mol. The zero-order chi connectivity index (χ0) is 12.1. The smallest absolute Gasteiger partial charge is 0.258 e. The summed E-state index contributed by atoms with van der Waals surface area (Å²) in [5, 5.41) is 20.0. The molecular formula is C11H9F2N3. The lowest BCUT2D eigenvalue weighted by Gasteiger charge is -2.14. The van der Waals surface area contributed by atoms with Crippen molar-refractivity contribution in [2.75, 3.05) is 5.32 Å². The number of benzene rings is 1. The Bertz CT molecular complexity index is 457. The van der Waals surface area contributed by atoms with Gasteiger partial charge in [0.1, 0.15) is 12.1 Å². The van der Waals surface area contributed by atoms with Gasteiger partial charge < -0.3 is 5.32 Å². The number of hydrogen-bond acceptors (Lipinski definition) is 3. The average molecular weight is 221 g/mol. The second-order valence-electron chi connectivity index (χ2n) is 3.25. The Balaban J connectivity index is 2.94. The van der Waals surface area contributed by atoms with Gasteiger partial charge in [-0.15, -0.1) is 0 Å². The Morgan fingerprint density at radius 1 is 1.19 bits per heavy atom. The van der Waals surface area contributed by atoms with E-state index in [2.05, 4.69) is 5.32 Å². The summed E-state index contributed by atoms with van der Waals surface area (Å²) in [4.78, 5) is 0. The first-order valence-corrected chi connectivity index (χ1v) is 4.57. The maximum Gasteiger partial charge on any atom is 0.258 e. The van der Waals surface area contributed by atoms with Crippen molar-refractivity contribution in [3.8, 4) is 12.1 Å². The number of hydrogen-bond donors (Lipinski definition) is 1. The third-order valence-electron chi connectivity index (χ3n) is 2.03. The maximum absolute atomic E-state index is 12.3. The molecule has 82 valence electrons. The van der Waals surface area contributed by atoms with E-state index in [1.165, 1.54) is 25.1 Å². The van der Waals surface area contributed by atoms with E-state index in [9.17, 15) is 8.78 Å². The van der Waals surface area contributed by atoms with Crippen LogP contribution in [0.15, 0.2) is 18.2 Å². The molecule has 0 radical (unpaired) electrons. The highest BCUT2D eigenvalue weighted by molar-refractivity contribution is 5.56. The van der Waals surface area contributed by atoms with Crippen molar-refractivity contribution in [2.45, 2.75) is 19.4 Å². The first kappa shape index (κ1) is 11.9. The first-order valence-electron chi connectivity index (χ1n) is 4.57. The minimum absolute atomic E-state index is 0.175. The van der Waals surface area contributed by atoms with Crippen molar-refractivity contribution < 1.29 is 8.78 Å². The summed E-state index contributed by atoms with van der Waals surface area (Å²) in [6, 6.07) is 7.00. The molecule has 0 fully saturated rings. The standard InChI is InChI=1S/C11H9F2N3/c1-7(11(12)13)16-10-3-2-8(5-14)9(4-10)6-15/h2-4,7,11,16H,1H3. The van der Waals surface area contributed by atoms with Crippen LogP contribution in [-0.4, -0.2) is 12.5 Å². The van der Waals surface area contributed by atoms with E-state index >= 15 is 0 Å². The minimum Gasteiger partial charge on any atom is -0.377 e. The van der Waals surface area contributed by atoms with Crippen LogP contribution in [0.2, 0.25) is 0 Å². The molecule has 0 aliphatic carbocycles. The van der Waals surface area contributed by atoms with Gasteiger partial charge in [0.05, 0.1) is 17.2 Å². The van der Waals surface area contributed by atoms with Gasteiger partial charge in [-0.25, -0.2) is 8.78 Å². The molecule has 0 heterocycles. The Kier molecular flexibility index (Phi) is 3.79. The van der Waals surface area contributed by atoms with Crippen LogP contribution in [0.3, 0.4) is 0 Å². The number of nitrogens with zero attached hydrogens (tertiary/aromatic N) is 2. The summed E-state index contributed by atoms with van der Waals surface area (Å²) in [6.45, 7) is 1.34. The van der Waals surface area contributed by atoms with Crippen molar-refractivity contribution in [3.05, 3.63) is 29.3 Å².